The fraction of sp³-hybridized carbons (Fsp3) is 0. The van der Waals surface area contributed by atoms with Gasteiger partial charge in [0.2, 0.25) is 0 Å². The Morgan fingerprint density at radius 3 is 2.06 bits per heavy atom. The van der Waals surface area contributed by atoms with Gasteiger partial charge in [0.25, 0.3) is 0 Å². The summed E-state index contributed by atoms with van der Waals surface area (Å²) in [7, 11) is 0. The second kappa shape index (κ2) is 5.63. The summed E-state index contributed by atoms with van der Waals surface area (Å²) in [5.41, 5.74) is 1.98. The summed E-state index contributed by atoms with van der Waals surface area (Å²) >= 11 is 0. The first kappa shape index (κ1) is 12.6. The maximum absolute atomic E-state index is 4.43. The molecular weight excluding hydrogens is 266 g/mol. The Bertz CT molecular complexity index is 551. The van der Waals surface area contributed by atoms with E-state index < -0.39 is 0 Å². The Morgan fingerprint density at radius 2 is 1.39 bits per heavy atom. The first-order valence-electron chi connectivity index (χ1n) is 5.42. The quantitative estimate of drug-likeness (QED) is 0.533. The van der Waals surface area contributed by atoms with Gasteiger partial charge in [0.15, 0.2) is 0 Å². The summed E-state index contributed by atoms with van der Waals surface area (Å²) in [6, 6.07) is 19.7. The Morgan fingerprint density at radius 1 is 0.778 bits per heavy atom. The second-order valence-electron chi connectivity index (χ2n) is 3.69. The third kappa shape index (κ3) is 2.50. The van der Waals surface area contributed by atoms with Crippen LogP contribution in [0.2, 0.25) is 0 Å². The van der Waals surface area contributed by atoms with Gasteiger partial charge in [0, 0.05) is 17.1 Å². The molecule has 90 valence electrons. The van der Waals surface area contributed by atoms with Crippen molar-refractivity contribution in [3.05, 3.63) is 60.7 Å². The predicted molar refractivity (Wildman–Crippen MR) is 66.3 cm³/mol. The summed E-state index contributed by atoms with van der Waals surface area (Å²) in [6.07, 6.45) is 0. The molecule has 0 saturated carbocycles. The van der Waals surface area contributed by atoms with Crippen LogP contribution < -0.4 is 0 Å². The van der Waals surface area contributed by atoms with E-state index in [1.54, 1.807) is 0 Å². The van der Waals surface area contributed by atoms with Crippen LogP contribution in [0, 0.1) is 0 Å². The van der Waals surface area contributed by atoms with Gasteiger partial charge in [0.1, 0.15) is 5.82 Å². The minimum absolute atomic E-state index is 0. The number of nitrogens with zero attached hydrogens (tertiary/aromatic N) is 3. The molecule has 1 aromatic heterocycles. The molecule has 0 N–H and O–H groups in total. The van der Waals surface area contributed by atoms with Gasteiger partial charge in [0.05, 0.1) is 5.82 Å². The Labute approximate surface area is 116 Å². The second-order valence-corrected chi connectivity index (χ2v) is 3.69. The fourth-order valence-electron chi connectivity index (χ4n) is 1.66. The summed E-state index contributed by atoms with van der Waals surface area (Å²) < 4.78 is 0. The van der Waals surface area contributed by atoms with E-state index in [2.05, 4.69) is 15.2 Å². The van der Waals surface area contributed by atoms with Crippen molar-refractivity contribution in [2.75, 3.05) is 0 Å². The summed E-state index contributed by atoms with van der Waals surface area (Å²) in [6.45, 7) is 0. The molecule has 3 nitrogen and oxygen atoms in total. The predicted octanol–water partition coefficient (Wildman–Crippen LogP) is 2.92. The molecule has 0 bridgehead atoms. The SMILES string of the molecule is [Fe].c1ccc(-c2nn[c-](-c3ccccc3)n2)cc1. The fourth-order valence-corrected chi connectivity index (χ4v) is 1.66. The molecule has 0 aliphatic heterocycles. The first-order chi connectivity index (χ1) is 8.43. The van der Waals surface area contributed by atoms with Gasteiger partial charge in [-0.05, 0) is 5.56 Å². The van der Waals surface area contributed by atoms with Crippen molar-refractivity contribution in [3.63, 3.8) is 0 Å². The van der Waals surface area contributed by atoms with Gasteiger partial charge in [-0.1, -0.05) is 36.4 Å². The zero-order valence-corrected chi connectivity index (χ0v) is 10.6. The average Bonchev–Trinajstić information content (AvgIpc) is 2.90. The number of aromatic nitrogens is 3. The Hall–Kier alpha value is -1.90. The van der Waals surface area contributed by atoms with Crippen LogP contribution >= 0.6 is 0 Å². The number of rotatable bonds is 2. The molecule has 0 amide bonds. The molecular formula is C14H10FeN3-. The normalized spacial score (nSPS) is 9.78. The van der Waals surface area contributed by atoms with E-state index in [4.69, 9.17) is 0 Å². The molecule has 0 saturated heterocycles. The molecule has 0 radical (unpaired) electrons. The van der Waals surface area contributed by atoms with Crippen LogP contribution in [0.1, 0.15) is 0 Å². The molecule has 0 aliphatic rings. The van der Waals surface area contributed by atoms with E-state index in [1.165, 1.54) is 0 Å². The molecule has 18 heavy (non-hydrogen) atoms. The van der Waals surface area contributed by atoms with Crippen LogP contribution in [0.15, 0.2) is 60.7 Å². The molecule has 1 heterocycles. The van der Waals surface area contributed by atoms with Crippen LogP contribution in [0.5, 0.6) is 0 Å². The van der Waals surface area contributed by atoms with Gasteiger partial charge < -0.3 is 4.98 Å². The van der Waals surface area contributed by atoms with Gasteiger partial charge in [-0.3, -0.25) is 0 Å². The first-order valence-corrected chi connectivity index (χ1v) is 5.42. The standard InChI is InChI=1S/C14H10N3.Fe/c1-3-7-11(8-4-1)13-15-14(17-16-13)12-9-5-2-6-10-12;/h1-10H;/q-1;. The molecule has 3 aromatic rings. The molecule has 0 fully saturated rings. The third-order valence-corrected chi connectivity index (χ3v) is 2.52. The van der Waals surface area contributed by atoms with Crippen LogP contribution in [0.3, 0.4) is 0 Å². The van der Waals surface area contributed by atoms with Gasteiger partial charge in [-0.15, -0.1) is 29.8 Å². The average molecular weight is 276 g/mol. The smallest absolute Gasteiger partial charge is 0.107 e. The zero-order valence-electron chi connectivity index (χ0n) is 9.47. The maximum atomic E-state index is 4.43. The molecule has 0 aliphatic carbocycles. The third-order valence-electron chi connectivity index (χ3n) is 2.52. The molecule has 3 rings (SSSR count). The van der Waals surface area contributed by atoms with E-state index >= 15 is 0 Å². The zero-order chi connectivity index (χ0) is 11.5. The minimum Gasteiger partial charge on any atom is -0.304 e. The van der Waals surface area contributed by atoms with Crippen molar-refractivity contribution >= 4 is 0 Å². The maximum Gasteiger partial charge on any atom is 0.107 e. The molecule has 0 spiro atoms. The number of hydrogen-bond acceptors (Lipinski definition) is 3. The summed E-state index contributed by atoms with van der Waals surface area (Å²) in [4.78, 5) is 4.43. The van der Waals surface area contributed by atoms with Gasteiger partial charge >= 0.3 is 0 Å². The van der Waals surface area contributed by atoms with Gasteiger partial charge in [-0.25, -0.2) is 0 Å². The van der Waals surface area contributed by atoms with Crippen molar-refractivity contribution < 1.29 is 17.1 Å². The van der Waals surface area contributed by atoms with Crippen LogP contribution in [-0.4, -0.2) is 15.2 Å². The largest absolute Gasteiger partial charge is 0.304 e. The Kier molecular flexibility index (Phi) is 3.92. The van der Waals surface area contributed by atoms with E-state index in [1.807, 2.05) is 60.7 Å². The topological polar surface area (TPSA) is 38.7 Å². The molecule has 0 atom stereocenters. The molecule has 4 heteroatoms. The minimum atomic E-state index is 0. The van der Waals surface area contributed by atoms with E-state index in [9.17, 15) is 0 Å². The van der Waals surface area contributed by atoms with Crippen molar-refractivity contribution in [3.8, 4) is 22.8 Å². The number of hydrogen-bond donors (Lipinski definition) is 0. The molecule has 0 unspecified atom stereocenters. The van der Waals surface area contributed by atoms with E-state index in [0.29, 0.717) is 11.6 Å². The van der Waals surface area contributed by atoms with Crippen molar-refractivity contribution in [2.45, 2.75) is 0 Å². The van der Waals surface area contributed by atoms with E-state index in [0.717, 1.165) is 11.1 Å². The molecule has 2 aromatic carbocycles. The Balaban J connectivity index is 0.00000120. The van der Waals surface area contributed by atoms with Crippen molar-refractivity contribution in [2.24, 2.45) is 0 Å². The monoisotopic (exact) mass is 276 g/mol. The number of benzene rings is 2. The van der Waals surface area contributed by atoms with Crippen LogP contribution in [0.4, 0.5) is 0 Å². The summed E-state index contributed by atoms with van der Waals surface area (Å²) in [5, 5.41) is 8.20. The van der Waals surface area contributed by atoms with Gasteiger partial charge in [-0.2, -0.15) is 10.2 Å². The van der Waals surface area contributed by atoms with Crippen molar-refractivity contribution in [1.82, 2.24) is 15.2 Å². The van der Waals surface area contributed by atoms with Crippen LogP contribution in [0.25, 0.3) is 22.8 Å². The van der Waals surface area contributed by atoms with Crippen LogP contribution in [-0.2, 0) is 17.1 Å². The van der Waals surface area contributed by atoms with Crippen molar-refractivity contribution in [1.29, 1.82) is 0 Å². The van der Waals surface area contributed by atoms with E-state index in [-0.39, 0.29) is 17.1 Å². The summed E-state index contributed by atoms with van der Waals surface area (Å²) in [5.74, 6) is 1.34.